The molecule has 2 aromatic carbocycles. The van der Waals surface area contributed by atoms with Crippen LogP contribution in [0.4, 0.5) is 5.69 Å². The van der Waals surface area contributed by atoms with Crippen molar-refractivity contribution in [2.75, 3.05) is 24.6 Å². The Kier molecular flexibility index (Phi) is 8.51. The van der Waals surface area contributed by atoms with Gasteiger partial charge >= 0.3 is 0 Å². The number of ether oxygens (including phenoxy) is 1. The summed E-state index contributed by atoms with van der Waals surface area (Å²) in [4.78, 5) is 42.0. The number of nitrogens with zero attached hydrogens (tertiary/aromatic N) is 1. The summed E-state index contributed by atoms with van der Waals surface area (Å²) in [6.45, 7) is 4.73. The van der Waals surface area contributed by atoms with Gasteiger partial charge in [-0.05, 0) is 55.3 Å². The van der Waals surface area contributed by atoms with Gasteiger partial charge in [0.1, 0.15) is 6.04 Å². The van der Waals surface area contributed by atoms with Crippen molar-refractivity contribution in [1.82, 2.24) is 10.6 Å². The van der Waals surface area contributed by atoms with E-state index in [1.54, 1.807) is 12.1 Å². The Morgan fingerprint density at radius 3 is 2.53 bits per heavy atom. The van der Waals surface area contributed by atoms with Gasteiger partial charge in [-0.15, -0.1) is 11.3 Å². The van der Waals surface area contributed by atoms with Crippen LogP contribution < -0.4 is 15.5 Å². The second-order valence-corrected chi connectivity index (χ2v) is 9.85. The van der Waals surface area contributed by atoms with Gasteiger partial charge < -0.3 is 15.4 Å². The van der Waals surface area contributed by atoms with Crippen LogP contribution in [0.15, 0.2) is 66.0 Å². The summed E-state index contributed by atoms with van der Waals surface area (Å²) < 4.78 is 5.67. The van der Waals surface area contributed by atoms with Crippen molar-refractivity contribution in [2.45, 2.75) is 38.8 Å². The van der Waals surface area contributed by atoms with Gasteiger partial charge in [0, 0.05) is 18.8 Å². The molecule has 4 rings (SSSR count). The number of anilines is 1. The molecule has 0 saturated carbocycles. The molecular formula is C28H31N3O4S. The smallest absolute Gasteiger partial charge is 0.261 e. The average molecular weight is 506 g/mol. The molecule has 3 amide bonds. The van der Waals surface area contributed by atoms with E-state index in [9.17, 15) is 14.4 Å². The van der Waals surface area contributed by atoms with Crippen molar-refractivity contribution in [2.24, 2.45) is 0 Å². The lowest BCUT2D eigenvalue weighted by Crippen LogP contribution is -2.48. The molecule has 1 aromatic heterocycles. The SMILES string of the molecule is Cc1ccc(N(C(=O)CNC(=O)c2cccs2)[C@H](C(=O)NC[C@@H]2CCCO2)c2ccccc2)c(C)c1. The van der Waals surface area contributed by atoms with Gasteiger partial charge in [0.2, 0.25) is 11.8 Å². The van der Waals surface area contributed by atoms with Crippen molar-refractivity contribution in [3.63, 3.8) is 0 Å². The van der Waals surface area contributed by atoms with Crippen LogP contribution in [0.25, 0.3) is 0 Å². The fraction of sp³-hybridized carbons (Fsp3) is 0.321. The van der Waals surface area contributed by atoms with E-state index in [2.05, 4.69) is 10.6 Å². The molecule has 1 saturated heterocycles. The average Bonchev–Trinajstić information content (AvgIpc) is 3.60. The molecule has 2 N–H and O–H groups in total. The first kappa shape index (κ1) is 25.6. The molecule has 2 atom stereocenters. The van der Waals surface area contributed by atoms with Gasteiger partial charge in [0.25, 0.3) is 5.91 Å². The van der Waals surface area contributed by atoms with Crippen LogP contribution in [-0.4, -0.2) is 43.5 Å². The van der Waals surface area contributed by atoms with E-state index in [1.165, 1.54) is 16.2 Å². The quantitative estimate of drug-likeness (QED) is 0.457. The summed E-state index contributed by atoms with van der Waals surface area (Å²) in [5.74, 6) is -0.999. The molecule has 1 fully saturated rings. The first-order valence-corrected chi connectivity index (χ1v) is 13.0. The predicted octanol–water partition coefficient (Wildman–Crippen LogP) is 4.16. The van der Waals surface area contributed by atoms with Crippen LogP contribution in [-0.2, 0) is 14.3 Å². The van der Waals surface area contributed by atoms with Crippen LogP contribution in [0.1, 0.15) is 45.2 Å². The minimum Gasteiger partial charge on any atom is -0.376 e. The van der Waals surface area contributed by atoms with Gasteiger partial charge in [-0.2, -0.15) is 0 Å². The maximum Gasteiger partial charge on any atom is 0.261 e. The number of carbonyl (C=O) groups excluding carboxylic acids is 3. The fourth-order valence-electron chi connectivity index (χ4n) is 4.40. The van der Waals surface area contributed by atoms with Gasteiger partial charge in [-0.1, -0.05) is 54.1 Å². The molecule has 7 nitrogen and oxygen atoms in total. The van der Waals surface area contributed by atoms with Crippen molar-refractivity contribution in [3.8, 4) is 0 Å². The maximum absolute atomic E-state index is 13.7. The molecule has 3 aromatic rings. The lowest BCUT2D eigenvalue weighted by molar-refractivity contribution is -0.126. The summed E-state index contributed by atoms with van der Waals surface area (Å²) in [6.07, 6.45) is 1.84. The molecule has 0 aliphatic carbocycles. The zero-order valence-corrected chi connectivity index (χ0v) is 21.3. The Labute approximate surface area is 215 Å². The highest BCUT2D eigenvalue weighted by Crippen LogP contribution is 2.31. The highest BCUT2D eigenvalue weighted by Gasteiger charge is 2.34. The molecule has 1 aliphatic heterocycles. The fourth-order valence-corrected chi connectivity index (χ4v) is 5.04. The Hall–Kier alpha value is -3.49. The van der Waals surface area contributed by atoms with Gasteiger partial charge in [-0.3, -0.25) is 19.3 Å². The van der Waals surface area contributed by atoms with Crippen LogP contribution in [0.5, 0.6) is 0 Å². The van der Waals surface area contributed by atoms with E-state index in [1.807, 2.05) is 67.8 Å². The molecule has 1 aliphatic rings. The molecule has 2 heterocycles. The van der Waals surface area contributed by atoms with Crippen LogP contribution in [0, 0.1) is 13.8 Å². The Morgan fingerprint density at radius 1 is 1.06 bits per heavy atom. The number of amides is 3. The molecule has 188 valence electrons. The number of carbonyl (C=O) groups is 3. The molecule has 0 radical (unpaired) electrons. The topological polar surface area (TPSA) is 87.7 Å². The Morgan fingerprint density at radius 2 is 1.86 bits per heavy atom. The monoisotopic (exact) mass is 505 g/mol. The lowest BCUT2D eigenvalue weighted by atomic mass is 10.0. The number of thiophene rings is 1. The normalized spacial score (nSPS) is 15.8. The predicted molar refractivity (Wildman–Crippen MR) is 141 cm³/mol. The third-order valence-electron chi connectivity index (χ3n) is 6.18. The second kappa shape index (κ2) is 12.0. The third-order valence-corrected chi connectivity index (χ3v) is 7.04. The first-order chi connectivity index (χ1) is 17.4. The van der Waals surface area contributed by atoms with E-state index < -0.39 is 6.04 Å². The van der Waals surface area contributed by atoms with E-state index in [0.717, 1.165) is 24.0 Å². The summed E-state index contributed by atoms with van der Waals surface area (Å²) in [5, 5.41) is 7.53. The number of benzene rings is 2. The number of hydrogen-bond donors (Lipinski definition) is 2. The highest BCUT2D eigenvalue weighted by molar-refractivity contribution is 7.12. The van der Waals surface area contributed by atoms with Crippen LogP contribution in [0.2, 0.25) is 0 Å². The largest absolute Gasteiger partial charge is 0.376 e. The maximum atomic E-state index is 13.7. The summed E-state index contributed by atoms with van der Waals surface area (Å²) in [7, 11) is 0. The number of nitrogens with one attached hydrogen (secondary N) is 2. The zero-order valence-electron chi connectivity index (χ0n) is 20.5. The number of aryl methyl sites for hydroxylation is 2. The molecular weight excluding hydrogens is 474 g/mol. The van der Waals surface area contributed by atoms with Crippen LogP contribution in [0.3, 0.4) is 0 Å². The van der Waals surface area contributed by atoms with Crippen molar-refractivity contribution in [3.05, 3.63) is 87.6 Å². The van der Waals surface area contributed by atoms with Crippen molar-refractivity contribution >= 4 is 34.7 Å². The number of rotatable bonds is 9. The summed E-state index contributed by atoms with van der Waals surface area (Å²) in [5.41, 5.74) is 3.21. The second-order valence-electron chi connectivity index (χ2n) is 8.91. The van der Waals surface area contributed by atoms with E-state index >= 15 is 0 Å². The summed E-state index contributed by atoms with van der Waals surface area (Å²) in [6, 6.07) is 17.6. The van der Waals surface area contributed by atoms with Crippen LogP contribution >= 0.6 is 11.3 Å². The Bertz CT molecular complexity index is 1190. The van der Waals surface area contributed by atoms with E-state index in [-0.39, 0.29) is 30.4 Å². The van der Waals surface area contributed by atoms with E-state index in [0.29, 0.717) is 29.3 Å². The number of hydrogen-bond acceptors (Lipinski definition) is 5. The lowest BCUT2D eigenvalue weighted by Gasteiger charge is -2.33. The third kappa shape index (κ3) is 6.19. The Balaban J connectivity index is 1.66. The van der Waals surface area contributed by atoms with Gasteiger partial charge in [0.15, 0.2) is 0 Å². The molecule has 36 heavy (non-hydrogen) atoms. The minimum absolute atomic E-state index is 0.0271. The molecule has 0 spiro atoms. The van der Waals surface area contributed by atoms with Gasteiger partial charge in [-0.25, -0.2) is 0 Å². The zero-order chi connectivity index (χ0) is 25.5. The summed E-state index contributed by atoms with van der Waals surface area (Å²) >= 11 is 1.31. The molecule has 0 bridgehead atoms. The minimum atomic E-state index is -0.917. The van der Waals surface area contributed by atoms with E-state index in [4.69, 9.17) is 4.74 Å². The van der Waals surface area contributed by atoms with Crippen molar-refractivity contribution in [1.29, 1.82) is 0 Å². The first-order valence-electron chi connectivity index (χ1n) is 12.1. The van der Waals surface area contributed by atoms with Crippen molar-refractivity contribution < 1.29 is 19.1 Å². The van der Waals surface area contributed by atoms with Gasteiger partial charge in [0.05, 0.1) is 17.5 Å². The highest BCUT2D eigenvalue weighted by atomic mass is 32.1. The molecule has 0 unspecified atom stereocenters. The molecule has 8 heteroatoms. The standard InChI is InChI=1S/C28H31N3O4S/c1-19-12-13-23(20(2)16-19)31(25(32)18-30-27(33)24-11-7-15-36-24)26(21-8-4-3-5-9-21)28(34)29-17-22-10-6-14-35-22/h3-5,7-9,11-13,15-16,22,26H,6,10,14,17-18H2,1-2H3,(H,29,34)(H,30,33)/t22-,26-/m0/s1.